The van der Waals surface area contributed by atoms with Gasteiger partial charge in [-0.3, -0.25) is 14.9 Å². The lowest BCUT2D eigenvalue weighted by molar-refractivity contribution is -0.135. The molecule has 2 bridgehead atoms. The summed E-state index contributed by atoms with van der Waals surface area (Å²) in [5, 5.41) is 6.50. The number of amides is 1. The molecule has 0 saturated carbocycles. The van der Waals surface area contributed by atoms with Gasteiger partial charge in [-0.15, -0.1) is 0 Å². The second-order valence-electron chi connectivity index (χ2n) is 8.12. The third-order valence-electron chi connectivity index (χ3n) is 4.98. The molecule has 0 aromatic carbocycles. The summed E-state index contributed by atoms with van der Waals surface area (Å²) >= 11 is 0. The van der Waals surface area contributed by atoms with Crippen LogP contribution >= 0.6 is 0 Å². The highest BCUT2D eigenvalue weighted by atomic mass is 16.6. The quantitative estimate of drug-likeness (QED) is 0.730. The number of ether oxygens (including phenoxy) is 1. The van der Waals surface area contributed by atoms with E-state index in [2.05, 4.69) is 10.6 Å². The van der Waals surface area contributed by atoms with Crippen LogP contribution in [0.4, 0.5) is 4.79 Å². The number of hydrogen-bond acceptors (Lipinski definition) is 6. The normalized spacial score (nSPS) is 30.3. The number of ketones is 2. The summed E-state index contributed by atoms with van der Waals surface area (Å²) in [5.41, 5.74) is -1.62. The van der Waals surface area contributed by atoms with Crippen LogP contribution in [0.2, 0.25) is 0 Å². The number of rotatable bonds is 4. The smallest absolute Gasteiger partial charge is 0.410 e. The predicted molar refractivity (Wildman–Crippen MR) is 98.9 cm³/mol. The van der Waals surface area contributed by atoms with E-state index in [1.807, 2.05) is 40.7 Å². The zero-order chi connectivity index (χ0) is 19.5. The van der Waals surface area contributed by atoms with Gasteiger partial charge in [0.15, 0.2) is 11.6 Å². The molecule has 3 rings (SSSR count). The maximum Gasteiger partial charge on any atom is 0.410 e. The van der Waals surface area contributed by atoms with Crippen LogP contribution in [0.3, 0.4) is 0 Å². The number of carbonyl (C=O) groups is 3. The van der Waals surface area contributed by atoms with Crippen LogP contribution in [0.25, 0.3) is 0 Å². The van der Waals surface area contributed by atoms with Crippen molar-refractivity contribution in [1.29, 1.82) is 0 Å². The van der Waals surface area contributed by atoms with E-state index in [0.717, 1.165) is 0 Å². The molecule has 0 aliphatic carbocycles. The van der Waals surface area contributed by atoms with Gasteiger partial charge in [-0.25, -0.2) is 4.79 Å². The molecule has 3 heterocycles. The van der Waals surface area contributed by atoms with Gasteiger partial charge in [-0.1, -0.05) is 26.0 Å². The molecule has 0 aromatic heterocycles. The molecule has 1 atom stereocenters. The van der Waals surface area contributed by atoms with Gasteiger partial charge in [0.25, 0.3) is 0 Å². The fraction of sp³-hybridized carbons (Fsp3) is 0.737. The van der Waals surface area contributed by atoms with Gasteiger partial charge in [0.2, 0.25) is 0 Å². The van der Waals surface area contributed by atoms with Crippen molar-refractivity contribution >= 4 is 17.7 Å². The highest BCUT2D eigenvalue weighted by Gasteiger charge is 2.52. The maximum atomic E-state index is 13.0. The molecule has 2 N–H and O–H groups in total. The third-order valence-corrected chi connectivity index (χ3v) is 4.98. The number of hydrogen-bond donors (Lipinski definition) is 2. The molecule has 1 unspecified atom stereocenters. The van der Waals surface area contributed by atoms with Gasteiger partial charge >= 0.3 is 6.09 Å². The lowest BCUT2D eigenvalue weighted by Crippen LogP contribution is -2.75. The lowest BCUT2D eigenvalue weighted by Gasteiger charge is -2.49. The van der Waals surface area contributed by atoms with E-state index in [-0.39, 0.29) is 49.8 Å². The van der Waals surface area contributed by atoms with Crippen molar-refractivity contribution in [1.82, 2.24) is 15.5 Å². The summed E-state index contributed by atoms with van der Waals surface area (Å²) in [6.07, 6.45) is 3.66. The molecule has 7 heteroatoms. The standard InChI is InChI=1S/C19H31N3O4/c1-13(2)16(24)19-11-22(12-19)17(25)26-9-7-6-8-18(5,21-14(3)4)15(23)10-20-19/h6-7,13-14,20-21H,8-12H2,1-5H3. The zero-order valence-electron chi connectivity index (χ0n) is 16.4. The molecule has 7 nitrogen and oxygen atoms in total. The SMILES string of the molecule is CC(C)NC1(C)CC=CCOC(=O)N2CC(C(=O)C(C)C)(C2)NCC1=O. The van der Waals surface area contributed by atoms with Crippen molar-refractivity contribution in [3.63, 3.8) is 0 Å². The number of carbonyl (C=O) groups excluding carboxylic acids is 3. The highest BCUT2D eigenvalue weighted by molar-refractivity contribution is 5.95. The molecule has 26 heavy (non-hydrogen) atoms. The van der Waals surface area contributed by atoms with Crippen LogP contribution in [0.15, 0.2) is 12.2 Å². The Morgan fingerprint density at radius 1 is 1.23 bits per heavy atom. The third kappa shape index (κ3) is 4.32. The number of nitrogens with one attached hydrogen (secondary N) is 2. The molecule has 3 aliphatic rings. The topological polar surface area (TPSA) is 87.7 Å². The number of Topliss-reactive ketones (excluding diaryl/α,β-unsaturated/α-hetero) is 2. The summed E-state index contributed by atoms with van der Waals surface area (Å²) in [4.78, 5) is 39.2. The Bertz CT molecular complexity index is 594. The summed E-state index contributed by atoms with van der Waals surface area (Å²) < 4.78 is 5.22. The predicted octanol–water partition coefficient (Wildman–Crippen LogP) is 1.28. The van der Waals surface area contributed by atoms with Crippen LogP contribution in [0.1, 0.15) is 41.0 Å². The van der Waals surface area contributed by atoms with E-state index >= 15 is 0 Å². The summed E-state index contributed by atoms with van der Waals surface area (Å²) in [6, 6.07) is 0.135. The molecule has 1 saturated heterocycles. The summed E-state index contributed by atoms with van der Waals surface area (Å²) in [6.45, 7) is 10.2. The monoisotopic (exact) mass is 365 g/mol. The van der Waals surface area contributed by atoms with E-state index in [9.17, 15) is 14.4 Å². The summed E-state index contributed by atoms with van der Waals surface area (Å²) in [7, 11) is 0. The van der Waals surface area contributed by atoms with Crippen molar-refractivity contribution in [2.75, 3.05) is 26.2 Å². The van der Waals surface area contributed by atoms with Crippen molar-refractivity contribution < 1.29 is 19.1 Å². The Morgan fingerprint density at radius 2 is 1.88 bits per heavy atom. The average Bonchev–Trinajstić information content (AvgIpc) is 2.52. The van der Waals surface area contributed by atoms with Crippen LogP contribution in [0, 0.1) is 5.92 Å². The van der Waals surface area contributed by atoms with Gasteiger partial charge < -0.3 is 15.0 Å². The van der Waals surface area contributed by atoms with Gasteiger partial charge in [0.1, 0.15) is 12.1 Å². The lowest BCUT2D eigenvalue weighted by atomic mass is 9.80. The van der Waals surface area contributed by atoms with Crippen LogP contribution in [-0.2, 0) is 14.3 Å². The van der Waals surface area contributed by atoms with Crippen LogP contribution in [0.5, 0.6) is 0 Å². The maximum absolute atomic E-state index is 13.0. The highest BCUT2D eigenvalue weighted by Crippen LogP contribution is 2.27. The molecule has 146 valence electrons. The molecule has 0 aromatic rings. The van der Waals surface area contributed by atoms with Crippen molar-refractivity contribution in [3.8, 4) is 0 Å². The van der Waals surface area contributed by atoms with Crippen molar-refractivity contribution in [2.24, 2.45) is 5.92 Å². The van der Waals surface area contributed by atoms with E-state index in [0.29, 0.717) is 6.42 Å². The van der Waals surface area contributed by atoms with Crippen molar-refractivity contribution in [3.05, 3.63) is 12.2 Å². The second kappa shape index (κ2) is 7.88. The number of fused-ring (bicyclic) bond motifs is 8. The van der Waals surface area contributed by atoms with E-state index in [1.54, 1.807) is 6.08 Å². The minimum absolute atomic E-state index is 0.00303. The molecule has 0 spiro atoms. The first-order valence-electron chi connectivity index (χ1n) is 9.27. The van der Waals surface area contributed by atoms with Crippen molar-refractivity contribution in [2.45, 2.75) is 58.2 Å². The number of nitrogens with zero attached hydrogens (tertiary/aromatic N) is 1. The first kappa shape index (κ1) is 20.6. The molecule has 3 aliphatic heterocycles. The molecule has 0 radical (unpaired) electrons. The van der Waals surface area contributed by atoms with Gasteiger partial charge in [0.05, 0.1) is 25.2 Å². The summed E-state index contributed by atoms with van der Waals surface area (Å²) in [5.74, 6) is -0.175. The Hall–Kier alpha value is -1.73. The van der Waals surface area contributed by atoms with E-state index in [1.165, 1.54) is 4.90 Å². The first-order valence-corrected chi connectivity index (χ1v) is 9.27. The second-order valence-corrected chi connectivity index (χ2v) is 8.12. The largest absolute Gasteiger partial charge is 0.445 e. The minimum atomic E-state index is -0.872. The molecular formula is C19H31N3O4. The van der Waals surface area contributed by atoms with Crippen LogP contribution in [-0.4, -0.2) is 65.9 Å². The Morgan fingerprint density at radius 3 is 2.46 bits per heavy atom. The van der Waals surface area contributed by atoms with Gasteiger partial charge in [-0.2, -0.15) is 0 Å². The Kier molecular flexibility index (Phi) is 6.24. The molecular weight excluding hydrogens is 334 g/mol. The van der Waals surface area contributed by atoms with E-state index in [4.69, 9.17) is 4.74 Å². The van der Waals surface area contributed by atoms with Crippen LogP contribution < -0.4 is 10.6 Å². The van der Waals surface area contributed by atoms with Gasteiger partial charge in [0, 0.05) is 12.0 Å². The fourth-order valence-corrected chi connectivity index (χ4v) is 3.57. The fourth-order valence-electron chi connectivity index (χ4n) is 3.57. The molecule has 1 amide bonds. The van der Waals surface area contributed by atoms with Gasteiger partial charge in [-0.05, 0) is 27.2 Å². The Balaban J connectivity index is 2.25. The minimum Gasteiger partial charge on any atom is -0.445 e. The first-order chi connectivity index (χ1) is 12.1. The van der Waals surface area contributed by atoms with E-state index < -0.39 is 17.2 Å². The Labute approximate surface area is 155 Å². The zero-order valence-corrected chi connectivity index (χ0v) is 16.4. The molecule has 1 fully saturated rings. The average molecular weight is 365 g/mol.